The molecular formula is C15H21F3N2. The molecule has 2 rings (SSSR count). The number of benzene rings is 1. The number of aryl methyl sites for hydroxylation is 1. The van der Waals surface area contributed by atoms with Gasteiger partial charge in [-0.05, 0) is 56.9 Å². The van der Waals surface area contributed by atoms with Crippen LogP contribution in [0.4, 0.5) is 13.2 Å². The smallest absolute Gasteiger partial charge is 0.317 e. The van der Waals surface area contributed by atoms with Crippen LogP contribution in [0.2, 0.25) is 0 Å². The number of halogens is 3. The standard InChI is InChI=1S/C15H21F3N2/c16-15(17,18)13-5-1-3-12(11-13)4-2-8-20-14-6-9-19-10-7-14/h1,3,5,11,14,19-20H,2,4,6-10H2. The molecular weight excluding hydrogens is 265 g/mol. The number of hydrogen-bond donors (Lipinski definition) is 2. The van der Waals surface area contributed by atoms with Crippen LogP contribution in [0.1, 0.15) is 30.4 Å². The van der Waals surface area contributed by atoms with Crippen LogP contribution in [0.25, 0.3) is 0 Å². The van der Waals surface area contributed by atoms with E-state index in [4.69, 9.17) is 0 Å². The van der Waals surface area contributed by atoms with E-state index in [0.29, 0.717) is 12.5 Å². The molecule has 0 aliphatic carbocycles. The fourth-order valence-corrected chi connectivity index (χ4v) is 2.53. The minimum atomic E-state index is -4.25. The van der Waals surface area contributed by atoms with Crippen molar-refractivity contribution in [2.75, 3.05) is 19.6 Å². The first-order valence-electron chi connectivity index (χ1n) is 7.16. The zero-order chi connectivity index (χ0) is 14.4. The number of alkyl halides is 3. The Balaban J connectivity index is 1.73. The molecule has 0 bridgehead atoms. The molecule has 0 spiro atoms. The van der Waals surface area contributed by atoms with E-state index in [9.17, 15) is 13.2 Å². The normalized spacial score (nSPS) is 17.4. The van der Waals surface area contributed by atoms with Gasteiger partial charge in [0.1, 0.15) is 0 Å². The quantitative estimate of drug-likeness (QED) is 0.813. The number of hydrogen-bond acceptors (Lipinski definition) is 2. The molecule has 0 unspecified atom stereocenters. The lowest BCUT2D eigenvalue weighted by molar-refractivity contribution is -0.137. The molecule has 1 aliphatic heterocycles. The predicted molar refractivity (Wildman–Crippen MR) is 73.7 cm³/mol. The van der Waals surface area contributed by atoms with E-state index in [1.54, 1.807) is 6.07 Å². The highest BCUT2D eigenvalue weighted by Gasteiger charge is 2.30. The summed E-state index contributed by atoms with van der Waals surface area (Å²) in [5.74, 6) is 0. The van der Waals surface area contributed by atoms with Gasteiger partial charge in [0.15, 0.2) is 0 Å². The lowest BCUT2D eigenvalue weighted by Gasteiger charge is -2.23. The second-order valence-electron chi connectivity index (χ2n) is 5.28. The Morgan fingerprint density at radius 2 is 1.95 bits per heavy atom. The second-order valence-corrected chi connectivity index (χ2v) is 5.28. The van der Waals surface area contributed by atoms with E-state index in [-0.39, 0.29) is 0 Å². The van der Waals surface area contributed by atoms with Crippen LogP contribution in [0.5, 0.6) is 0 Å². The topological polar surface area (TPSA) is 24.1 Å². The average molecular weight is 286 g/mol. The van der Waals surface area contributed by atoms with E-state index in [1.807, 2.05) is 0 Å². The van der Waals surface area contributed by atoms with Gasteiger partial charge in [-0.1, -0.05) is 18.2 Å². The first kappa shape index (κ1) is 15.3. The summed E-state index contributed by atoms with van der Waals surface area (Å²) < 4.78 is 37.7. The van der Waals surface area contributed by atoms with Gasteiger partial charge < -0.3 is 10.6 Å². The molecule has 20 heavy (non-hydrogen) atoms. The van der Waals surface area contributed by atoms with Crippen molar-refractivity contribution in [3.63, 3.8) is 0 Å². The molecule has 112 valence electrons. The highest BCUT2D eigenvalue weighted by molar-refractivity contribution is 5.25. The van der Waals surface area contributed by atoms with Gasteiger partial charge in [0.25, 0.3) is 0 Å². The largest absolute Gasteiger partial charge is 0.416 e. The highest BCUT2D eigenvalue weighted by atomic mass is 19.4. The molecule has 2 N–H and O–H groups in total. The number of piperidine rings is 1. The van der Waals surface area contributed by atoms with Crippen molar-refractivity contribution >= 4 is 0 Å². The Morgan fingerprint density at radius 1 is 1.20 bits per heavy atom. The summed E-state index contributed by atoms with van der Waals surface area (Å²) in [6.07, 6.45) is -0.441. The molecule has 0 saturated carbocycles. The molecule has 1 aromatic carbocycles. The summed E-state index contributed by atoms with van der Waals surface area (Å²) in [7, 11) is 0. The summed E-state index contributed by atoms with van der Waals surface area (Å²) in [5, 5.41) is 6.78. The molecule has 1 heterocycles. The third-order valence-corrected chi connectivity index (χ3v) is 3.67. The molecule has 1 aliphatic rings. The molecule has 1 saturated heterocycles. The third-order valence-electron chi connectivity index (χ3n) is 3.67. The highest BCUT2D eigenvalue weighted by Crippen LogP contribution is 2.29. The monoisotopic (exact) mass is 286 g/mol. The van der Waals surface area contributed by atoms with Crippen molar-refractivity contribution in [2.45, 2.75) is 37.9 Å². The minimum absolute atomic E-state index is 0.553. The first-order chi connectivity index (χ1) is 9.55. The van der Waals surface area contributed by atoms with E-state index in [0.717, 1.165) is 50.5 Å². The molecule has 0 radical (unpaired) electrons. The summed E-state index contributed by atoms with van der Waals surface area (Å²) >= 11 is 0. The number of rotatable bonds is 5. The molecule has 0 atom stereocenters. The summed E-state index contributed by atoms with van der Waals surface area (Å²) in [6, 6.07) is 6.18. The van der Waals surface area contributed by atoms with Crippen molar-refractivity contribution in [1.82, 2.24) is 10.6 Å². The predicted octanol–water partition coefficient (Wildman–Crippen LogP) is 2.98. The van der Waals surface area contributed by atoms with E-state index in [2.05, 4.69) is 10.6 Å². The van der Waals surface area contributed by atoms with Gasteiger partial charge in [-0.2, -0.15) is 13.2 Å². The van der Waals surface area contributed by atoms with Gasteiger partial charge in [0.2, 0.25) is 0 Å². The van der Waals surface area contributed by atoms with Crippen molar-refractivity contribution < 1.29 is 13.2 Å². The molecule has 2 nitrogen and oxygen atoms in total. The van der Waals surface area contributed by atoms with Crippen molar-refractivity contribution in [3.8, 4) is 0 Å². The van der Waals surface area contributed by atoms with E-state index >= 15 is 0 Å². The fourth-order valence-electron chi connectivity index (χ4n) is 2.53. The zero-order valence-corrected chi connectivity index (χ0v) is 11.5. The summed E-state index contributed by atoms with van der Waals surface area (Å²) in [4.78, 5) is 0. The van der Waals surface area contributed by atoms with Crippen LogP contribution >= 0.6 is 0 Å². The van der Waals surface area contributed by atoms with Crippen LogP contribution < -0.4 is 10.6 Å². The van der Waals surface area contributed by atoms with Gasteiger partial charge in [0.05, 0.1) is 5.56 Å². The zero-order valence-electron chi connectivity index (χ0n) is 11.5. The van der Waals surface area contributed by atoms with Gasteiger partial charge in [0, 0.05) is 6.04 Å². The maximum Gasteiger partial charge on any atom is 0.416 e. The minimum Gasteiger partial charge on any atom is -0.317 e. The Labute approximate surface area is 117 Å². The summed E-state index contributed by atoms with van der Waals surface area (Å²) in [5.41, 5.74) is 0.202. The van der Waals surface area contributed by atoms with Gasteiger partial charge in [-0.15, -0.1) is 0 Å². The van der Waals surface area contributed by atoms with Crippen LogP contribution in [0.15, 0.2) is 24.3 Å². The van der Waals surface area contributed by atoms with Crippen LogP contribution in [-0.4, -0.2) is 25.7 Å². The maximum absolute atomic E-state index is 12.6. The molecule has 1 fully saturated rings. The van der Waals surface area contributed by atoms with E-state index in [1.165, 1.54) is 12.1 Å². The Bertz CT molecular complexity index is 412. The third kappa shape index (κ3) is 4.80. The first-order valence-corrected chi connectivity index (χ1v) is 7.16. The SMILES string of the molecule is FC(F)(F)c1cccc(CCCNC2CCNCC2)c1. The fraction of sp³-hybridized carbons (Fsp3) is 0.600. The van der Waals surface area contributed by atoms with Gasteiger partial charge in [-0.25, -0.2) is 0 Å². The maximum atomic E-state index is 12.6. The molecule has 0 amide bonds. The number of nitrogens with one attached hydrogen (secondary N) is 2. The Morgan fingerprint density at radius 3 is 2.65 bits per heavy atom. The van der Waals surface area contributed by atoms with Crippen molar-refractivity contribution in [2.24, 2.45) is 0 Å². The van der Waals surface area contributed by atoms with Crippen molar-refractivity contribution in [3.05, 3.63) is 35.4 Å². The second kappa shape index (κ2) is 7.09. The Hall–Kier alpha value is -1.07. The van der Waals surface area contributed by atoms with Crippen LogP contribution in [0.3, 0.4) is 0 Å². The molecule has 5 heteroatoms. The van der Waals surface area contributed by atoms with Crippen molar-refractivity contribution in [1.29, 1.82) is 0 Å². The molecule has 0 aromatic heterocycles. The molecule has 1 aromatic rings. The van der Waals surface area contributed by atoms with Crippen LogP contribution in [-0.2, 0) is 12.6 Å². The average Bonchev–Trinajstić information content (AvgIpc) is 2.44. The lowest BCUT2D eigenvalue weighted by Crippen LogP contribution is -2.40. The van der Waals surface area contributed by atoms with Gasteiger partial charge in [-0.3, -0.25) is 0 Å². The van der Waals surface area contributed by atoms with E-state index < -0.39 is 11.7 Å². The lowest BCUT2D eigenvalue weighted by atomic mass is 10.0. The van der Waals surface area contributed by atoms with Crippen LogP contribution in [0, 0.1) is 0 Å². The van der Waals surface area contributed by atoms with Gasteiger partial charge >= 0.3 is 6.18 Å². The summed E-state index contributed by atoms with van der Waals surface area (Å²) in [6.45, 7) is 2.96. The Kier molecular flexibility index (Phi) is 5.43.